The number of hydrogen-bond acceptors (Lipinski definition) is 4. The molecular weight excluding hydrogens is 276 g/mol. The lowest BCUT2D eigenvalue weighted by molar-refractivity contribution is -0.132. The minimum Gasteiger partial charge on any atom is -0.325 e. The first-order valence-electron chi connectivity index (χ1n) is 7.93. The zero-order valence-electron chi connectivity index (χ0n) is 13.3. The third-order valence-electron chi connectivity index (χ3n) is 4.20. The Morgan fingerprint density at radius 3 is 2.86 bits per heavy atom. The molecule has 1 aliphatic rings. The molecule has 1 fully saturated rings. The van der Waals surface area contributed by atoms with Crippen LogP contribution >= 0.6 is 0 Å². The number of benzene rings is 1. The van der Waals surface area contributed by atoms with E-state index in [1.54, 1.807) is 4.90 Å². The van der Waals surface area contributed by atoms with Crippen molar-refractivity contribution >= 4 is 11.6 Å². The van der Waals surface area contributed by atoms with Crippen LogP contribution in [0.25, 0.3) is 0 Å². The Morgan fingerprint density at radius 1 is 1.50 bits per heavy atom. The molecule has 1 aromatic rings. The number of para-hydroxylation sites is 1. The fourth-order valence-electron chi connectivity index (χ4n) is 2.64. The van der Waals surface area contributed by atoms with Crippen molar-refractivity contribution in [2.75, 3.05) is 18.5 Å². The number of nitriles is 1. The molecule has 0 aromatic heterocycles. The number of anilines is 1. The highest BCUT2D eigenvalue weighted by Gasteiger charge is 2.30. The number of rotatable bonds is 6. The molecule has 0 spiro atoms. The van der Waals surface area contributed by atoms with Crippen LogP contribution in [0.1, 0.15) is 33.1 Å². The summed E-state index contributed by atoms with van der Waals surface area (Å²) in [7, 11) is 0. The fraction of sp³-hybridized carbons (Fsp3) is 0.529. The first-order chi connectivity index (χ1) is 10.7. The smallest absolute Gasteiger partial charge is 0.239 e. The minimum absolute atomic E-state index is 0.0211. The van der Waals surface area contributed by atoms with Crippen molar-refractivity contribution in [2.24, 2.45) is 0 Å². The van der Waals surface area contributed by atoms with Crippen molar-refractivity contribution in [3.63, 3.8) is 0 Å². The number of nitrogens with zero attached hydrogens (tertiary/aromatic N) is 3. The van der Waals surface area contributed by atoms with Crippen molar-refractivity contribution < 1.29 is 4.79 Å². The molecule has 1 unspecified atom stereocenters. The summed E-state index contributed by atoms with van der Waals surface area (Å²) >= 11 is 0. The van der Waals surface area contributed by atoms with Crippen LogP contribution in [0.15, 0.2) is 30.3 Å². The van der Waals surface area contributed by atoms with Crippen molar-refractivity contribution in [3.05, 3.63) is 30.3 Å². The average Bonchev–Trinajstić information content (AvgIpc) is 3.03. The first-order valence-corrected chi connectivity index (χ1v) is 7.93. The standard InChI is InChI=1S/C17H24N4O/c1-3-14(2)21(19-15-8-5-4-6-9-15)13-17(22)20-11-7-10-16(20)12-18/h4-6,8-9,14,16,19H,3,7,10-11,13H2,1-2H3/t14-,16?/m0/s1. The topological polar surface area (TPSA) is 59.4 Å². The average molecular weight is 300 g/mol. The Morgan fingerprint density at radius 2 is 2.23 bits per heavy atom. The molecular formula is C17H24N4O. The summed E-state index contributed by atoms with van der Waals surface area (Å²) in [5.74, 6) is 0.0211. The van der Waals surface area contributed by atoms with Crippen LogP contribution in [0.2, 0.25) is 0 Å². The van der Waals surface area contributed by atoms with Crippen LogP contribution in [0.4, 0.5) is 5.69 Å². The lowest BCUT2D eigenvalue weighted by Crippen LogP contribution is -2.47. The van der Waals surface area contributed by atoms with E-state index in [4.69, 9.17) is 5.26 Å². The van der Waals surface area contributed by atoms with Gasteiger partial charge >= 0.3 is 0 Å². The molecule has 0 saturated carbocycles. The van der Waals surface area contributed by atoms with E-state index in [1.807, 2.05) is 35.3 Å². The number of likely N-dealkylation sites (tertiary alicyclic amines) is 1. The molecule has 5 nitrogen and oxygen atoms in total. The van der Waals surface area contributed by atoms with E-state index in [0.717, 1.165) is 24.9 Å². The van der Waals surface area contributed by atoms with Crippen LogP contribution in [-0.2, 0) is 4.79 Å². The van der Waals surface area contributed by atoms with Gasteiger partial charge in [0, 0.05) is 18.3 Å². The van der Waals surface area contributed by atoms with E-state index < -0.39 is 0 Å². The van der Waals surface area contributed by atoms with Gasteiger partial charge in [-0.05, 0) is 38.3 Å². The Bertz CT molecular complexity index is 525. The van der Waals surface area contributed by atoms with E-state index in [1.165, 1.54) is 0 Å². The number of hydrogen-bond donors (Lipinski definition) is 1. The molecule has 5 heteroatoms. The predicted molar refractivity (Wildman–Crippen MR) is 86.9 cm³/mol. The Labute approximate surface area is 132 Å². The highest BCUT2D eigenvalue weighted by molar-refractivity contribution is 5.79. The molecule has 1 N–H and O–H groups in total. The maximum Gasteiger partial charge on any atom is 0.239 e. The molecule has 1 aromatic carbocycles. The van der Waals surface area contributed by atoms with Crippen LogP contribution in [0.3, 0.4) is 0 Å². The zero-order valence-corrected chi connectivity index (χ0v) is 13.3. The van der Waals surface area contributed by atoms with Crippen molar-refractivity contribution in [1.29, 1.82) is 5.26 Å². The molecule has 2 rings (SSSR count). The van der Waals surface area contributed by atoms with E-state index in [9.17, 15) is 4.79 Å². The number of carbonyl (C=O) groups excluding carboxylic acids is 1. The van der Waals surface area contributed by atoms with E-state index in [-0.39, 0.29) is 24.5 Å². The first kappa shape index (κ1) is 16.3. The molecule has 0 aliphatic carbocycles. The van der Waals surface area contributed by atoms with Crippen molar-refractivity contribution in [3.8, 4) is 6.07 Å². The van der Waals surface area contributed by atoms with Gasteiger partial charge in [0.1, 0.15) is 6.04 Å². The van der Waals surface area contributed by atoms with Gasteiger partial charge in [-0.2, -0.15) is 5.26 Å². The molecule has 1 saturated heterocycles. The molecule has 22 heavy (non-hydrogen) atoms. The van der Waals surface area contributed by atoms with Gasteiger partial charge < -0.3 is 10.3 Å². The van der Waals surface area contributed by atoms with E-state index in [0.29, 0.717) is 6.54 Å². The van der Waals surface area contributed by atoms with Crippen LogP contribution in [0, 0.1) is 11.3 Å². The molecule has 1 aliphatic heterocycles. The number of amides is 1. The summed E-state index contributed by atoms with van der Waals surface area (Å²) < 4.78 is 0. The normalized spacial score (nSPS) is 19.0. The van der Waals surface area contributed by atoms with Crippen LogP contribution in [0.5, 0.6) is 0 Å². The third-order valence-corrected chi connectivity index (χ3v) is 4.20. The van der Waals surface area contributed by atoms with Gasteiger partial charge in [-0.1, -0.05) is 25.1 Å². The molecule has 118 valence electrons. The van der Waals surface area contributed by atoms with Gasteiger partial charge in [-0.15, -0.1) is 0 Å². The Balaban J connectivity index is 2.03. The number of hydrazine groups is 1. The van der Waals surface area contributed by atoms with Gasteiger partial charge in [0.2, 0.25) is 5.91 Å². The largest absolute Gasteiger partial charge is 0.325 e. The number of nitrogens with one attached hydrogen (secondary N) is 1. The summed E-state index contributed by atoms with van der Waals surface area (Å²) in [5, 5.41) is 11.1. The zero-order chi connectivity index (χ0) is 15.9. The second-order valence-electron chi connectivity index (χ2n) is 5.74. The van der Waals surface area contributed by atoms with Gasteiger partial charge in [-0.25, -0.2) is 5.01 Å². The van der Waals surface area contributed by atoms with E-state index in [2.05, 4.69) is 25.3 Å². The summed E-state index contributed by atoms with van der Waals surface area (Å²) in [6.45, 7) is 5.16. The maximum atomic E-state index is 12.5. The maximum absolute atomic E-state index is 12.5. The second kappa shape index (κ2) is 7.81. The third kappa shape index (κ3) is 3.99. The summed E-state index contributed by atoms with van der Waals surface area (Å²) in [6, 6.07) is 12.0. The Hall–Kier alpha value is -2.06. The molecule has 1 heterocycles. The van der Waals surface area contributed by atoms with Crippen LogP contribution < -0.4 is 5.43 Å². The summed E-state index contributed by atoms with van der Waals surface area (Å²) in [4.78, 5) is 14.2. The monoisotopic (exact) mass is 300 g/mol. The van der Waals surface area contributed by atoms with Gasteiger partial charge in [0.05, 0.1) is 12.6 Å². The summed E-state index contributed by atoms with van der Waals surface area (Å²) in [6.07, 6.45) is 2.64. The van der Waals surface area contributed by atoms with Crippen molar-refractivity contribution in [1.82, 2.24) is 9.91 Å². The lowest BCUT2D eigenvalue weighted by Gasteiger charge is -2.31. The molecule has 0 radical (unpaired) electrons. The minimum atomic E-state index is -0.261. The van der Waals surface area contributed by atoms with Gasteiger partial charge in [0.15, 0.2) is 0 Å². The Kier molecular flexibility index (Phi) is 5.79. The van der Waals surface area contributed by atoms with E-state index >= 15 is 0 Å². The second-order valence-corrected chi connectivity index (χ2v) is 5.74. The molecule has 1 amide bonds. The van der Waals surface area contributed by atoms with Gasteiger partial charge in [-0.3, -0.25) is 4.79 Å². The summed E-state index contributed by atoms with van der Waals surface area (Å²) in [5.41, 5.74) is 4.29. The lowest BCUT2D eigenvalue weighted by atomic mass is 10.2. The predicted octanol–water partition coefficient (Wildman–Crippen LogP) is 2.63. The van der Waals surface area contributed by atoms with Gasteiger partial charge in [0.25, 0.3) is 0 Å². The fourth-order valence-corrected chi connectivity index (χ4v) is 2.64. The molecule has 0 bridgehead atoms. The highest BCUT2D eigenvalue weighted by atomic mass is 16.2. The van der Waals surface area contributed by atoms with Crippen molar-refractivity contribution in [2.45, 2.75) is 45.2 Å². The highest BCUT2D eigenvalue weighted by Crippen LogP contribution is 2.18. The molecule has 2 atom stereocenters. The SMILES string of the molecule is CC[C@H](C)N(CC(=O)N1CCCC1C#N)Nc1ccccc1. The quantitative estimate of drug-likeness (QED) is 0.821. The number of carbonyl (C=O) groups is 1. The van der Waals surface area contributed by atoms with Crippen LogP contribution in [-0.4, -0.2) is 41.0 Å².